The summed E-state index contributed by atoms with van der Waals surface area (Å²) in [5, 5.41) is 10.8. The fourth-order valence-electron chi connectivity index (χ4n) is 5.12. The topological polar surface area (TPSA) is 189 Å². The Kier molecular flexibility index (Phi) is 18.4. The van der Waals surface area contributed by atoms with Gasteiger partial charge in [0.2, 0.25) is 29.5 Å². The van der Waals surface area contributed by atoms with Crippen LogP contribution in [0.25, 0.3) is 0 Å². The number of rotatable bonds is 20. The van der Waals surface area contributed by atoms with Crippen molar-refractivity contribution in [2.45, 2.75) is 112 Å². The van der Waals surface area contributed by atoms with Gasteiger partial charge in [-0.05, 0) is 50.0 Å². The average Bonchev–Trinajstić information content (AvgIpc) is 3.01. The molecule has 6 N–H and O–H groups in total. The summed E-state index contributed by atoms with van der Waals surface area (Å²) in [6, 6.07) is 4.30. The second-order valence-corrected chi connectivity index (χ2v) is 13.3. The Labute approximate surface area is 285 Å². The first-order valence-electron chi connectivity index (χ1n) is 16.9. The minimum absolute atomic E-state index is 0.0133. The number of nitrogens with zero attached hydrogens (tertiary/aromatic N) is 1. The molecule has 5 atom stereocenters. The molecule has 48 heavy (non-hydrogen) atoms. The van der Waals surface area contributed by atoms with Gasteiger partial charge in [-0.15, -0.1) is 0 Å². The summed E-state index contributed by atoms with van der Waals surface area (Å²) in [5.41, 5.74) is 6.90. The molecule has 270 valence electrons. The second-order valence-electron chi connectivity index (χ2n) is 13.3. The highest BCUT2D eigenvalue weighted by atomic mass is 16.5. The van der Waals surface area contributed by atoms with E-state index in [4.69, 9.17) is 10.5 Å². The smallest absolute Gasteiger partial charge is 0.328 e. The number of amides is 5. The van der Waals surface area contributed by atoms with Crippen molar-refractivity contribution < 1.29 is 33.5 Å². The van der Waals surface area contributed by atoms with Crippen molar-refractivity contribution in [3.8, 4) is 0 Å². The van der Waals surface area contributed by atoms with Crippen LogP contribution < -0.4 is 27.0 Å². The third-order valence-electron chi connectivity index (χ3n) is 7.67. The lowest BCUT2D eigenvalue weighted by atomic mass is 9.98. The summed E-state index contributed by atoms with van der Waals surface area (Å²) in [4.78, 5) is 79.5. The lowest BCUT2D eigenvalue weighted by molar-refractivity contribution is -0.149. The van der Waals surface area contributed by atoms with Gasteiger partial charge in [0.1, 0.15) is 36.8 Å². The zero-order valence-electron chi connectivity index (χ0n) is 30.1. The number of carbonyl (C=O) groups is 6. The predicted molar refractivity (Wildman–Crippen MR) is 184 cm³/mol. The van der Waals surface area contributed by atoms with E-state index in [0.29, 0.717) is 19.5 Å². The highest BCUT2D eigenvalue weighted by Gasteiger charge is 2.33. The number of hydrogen-bond donors (Lipinski definition) is 5. The van der Waals surface area contributed by atoms with Gasteiger partial charge >= 0.3 is 5.97 Å². The molecule has 0 radical (unpaired) electrons. The summed E-state index contributed by atoms with van der Waals surface area (Å²) in [6.45, 7) is 16.6. The quantitative estimate of drug-likeness (QED) is 0.129. The number of esters is 1. The maximum atomic E-state index is 13.7. The molecule has 0 heterocycles. The Morgan fingerprint density at radius 2 is 1.27 bits per heavy atom. The number of nitrogens with one attached hydrogen (secondary N) is 4. The largest absolute Gasteiger partial charge is 0.462 e. The second kappa shape index (κ2) is 21.1. The van der Waals surface area contributed by atoms with Crippen LogP contribution in [0.3, 0.4) is 0 Å². The number of carbonyl (C=O) groups excluding carboxylic acids is 6. The fourth-order valence-corrected chi connectivity index (χ4v) is 5.12. The van der Waals surface area contributed by atoms with E-state index in [-0.39, 0.29) is 30.6 Å². The average molecular weight is 675 g/mol. The van der Waals surface area contributed by atoms with Crippen molar-refractivity contribution in [3.63, 3.8) is 0 Å². The SMILES string of the molecule is CCN(CC)C(=O)[C@H](Cc1ccccc1)NC(=O)[C@H](CC(C)C)NC(=O)[C@@H](NC(=O)[C@@H](N)COC(=O)[C@H](CC(C)C)NC(C)=O)C(C)C. The number of ether oxygens (including phenoxy) is 1. The molecular weight excluding hydrogens is 616 g/mol. The minimum Gasteiger partial charge on any atom is -0.462 e. The first kappa shape index (κ1) is 42.0. The van der Waals surface area contributed by atoms with E-state index < -0.39 is 72.3 Å². The van der Waals surface area contributed by atoms with E-state index in [2.05, 4.69) is 21.3 Å². The minimum atomic E-state index is -1.29. The third kappa shape index (κ3) is 14.8. The zero-order chi connectivity index (χ0) is 36.6. The van der Waals surface area contributed by atoms with Gasteiger partial charge in [-0.25, -0.2) is 4.79 Å². The molecular formula is C35H58N6O7. The van der Waals surface area contributed by atoms with Crippen molar-refractivity contribution in [2.24, 2.45) is 23.5 Å². The lowest BCUT2D eigenvalue weighted by Crippen LogP contribution is -2.59. The first-order valence-corrected chi connectivity index (χ1v) is 16.9. The van der Waals surface area contributed by atoms with E-state index in [0.717, 1.165) is 5.56 Å². The summed E-state index contributed by atoms with van der Waals surface area (Å²) < 4.78 is 5.24. The van der Waals surface area contributed by atoms with Crippen LogP contribution in [0.5, 0.6) is 0 Å². The highest BCUT2D eigenvalue weighted by molar-refractivity contribution is 5.95. The molecule has 0 aliphatic heterocycles. The normalized spacial score (nSPS) is 14.4. The highest BCUT2D eigenvalue weighted by Crippen LogP contribution is 2.12. The molecule has 13 nitrogen and oxygen atoms in total. The molecule has 0 aliphatic carbocycles. The van der Waals surface area contributed by atoms with Crippen LogP contribution in [0.15, 0.2) is 30.3 Å². The van der Waals surface area contributed by atoms with Gasteiger partial charge in [-0.1, -0.05) is 71.9 Å². The van der Waals surface area contributed by atoms with E-state index in [1.54, 1.807) is 18.7 Å². The number of benzene rings is 1. The van der Waals surface area contributed by atoms with E-state index in [1.807, 2.05) is 71.9 Å². The van der Waals surface area contributed by atoms with Gasteiger partial charge < -0.3 is 36.6 Å². The van der Waals surface area contributed by atoms with Gasteiger partial charge in [0.15, 0.2) is 0 Å². The van der Waals surface area contributed by atoms with Crippen LogP contribution in [0, 0.1) is 17.8 Å². The van der Waals surface area contributed by atoms with Crippen LogP contribution in [0.4, 0.5) is 0 Å². The number of likely N-dealkylation sites (N-methyl/N-ethyl adjacent to an activating group) is 1. The van der Waals surface area contributed by atoms with Crippen molar-refractivity contribution in [1.29, 1.82) is 0 Å². The van der Waals surface area contributed by atoms with Gasteiger partial charge in [-0.3, -0.25) is 24.0 Å². The van der Waals surface area contributed by atoms with Crippen LogP contribution in [0.2, 0.25) is 0 Å². The zero-order valence-corrected chi connectivity index (χ0v) is 30.1. The van der Waals surface area contributed by atoms with E-state index in [1.165, 1.54) is 6.92 Å². The predicted octanol–water partition coefficient (Wildman–Crippen LogP) is 1.68. The lowest BCUT2D eigenvalue weighted by Gasteiger charge is -2.30. The van der Waals surface area contributed by atoms with Crippen molar-refractivity contribution in [2.75, 3.05) is 19.7 Å². The monoisotopic (exact) mass is 674 g/mol. The fraction of sp³-hybridized carbons (Fsp3) is 0.657. The van der Waals surface area contributed by atoms with Crippen LogP contribution in [-0.4, -0.2) is 90.3 Å². The number of hydrogen-bond acceptors (Lipinski definition) is 8. The van der Waals surface area contributed by atoms with Gasteiger partial charge in [0, 0.05) is 26.4 Å². The first-order chi connectivity index (χ1) is 22.5. The van der Waals surface area contributed by atoms with E-state index >= 15 is 0 Å². The Morgan fingerprint density at radius 3 is 1.77 bits per heavy atom. The summed E-state index contributed by atoms with van der Waals surface area (Å²) in [5.74, 6) is -3.45. The Morgan fingerprint density at radius 1 is 0.729 bits per heavy atom. The molecule has 13 heteroatoms. The molecule has 0 saturated heterocycles. The van der Waals surface area contributed by atoms with Crippen molar-refractivity contribution >= 4 is 35.5 Å². The molecule has 0 fully saturated rings. The molecule has 1 rings (SSSR count). The van der Waals surface area contributed by atoms with Gasteiger partial charge in [0.05, 0.1) is 0 Å². The van der Waals surface area contributed by atoms with Gasteiger partial charge in [0.25, 0.3) is 0 Å². The van der Waals surface area contributed by atoms with Crippen molar-refractivity contribution in [1.82, 2.24) is 26.2 Å². The summed E-state index contributed by atoms with van der Waals surface area (Å²) >= 11 is 0. The van der Waals surface area contributed by atoms with Crippen LogP contribution in [-0.2, 0) is 39.9 Å². The maximum Gasteiger partial charge on any atom is 0.328 e. The molecule has 0 spiro atoms. The summed E-state index contributed by atoms with van der Waals surface area (Å²) in [7, 11) is 0. The number of nitrogens with two attached hydrogens (primary N) is 1. The molecule has 5 amide bonds. The summed E-state index contributed by atoms with van der Waals surface area (Å²) in [6.07, 6.45) is 0.910. The molecule has 1 aromatic rings. The van der Waals surface area contributed by atoms with Crippen LogP contribution >= 0.6 is 0 Å². The van der Waals surface area contributed by atoms with Crippen LogP contribution in [0.1, 0.15) is 80.7 Å². The van der Waals surface area contributed by atoms with E-state index in [9.17, 15) is 28.8 Å². The maximum absolute atomic E-state index is 13.7. The Bertz CT molecular complexity index is 1200. The third-order valence-corrected chi connectivity index (χ3v) is 7.67. The molecule has 0 bridgehead atoms. The Balaban J connectivity index is 3.06. The molecule has 1 aromatic carbocycles. The van der Waals surface area contributed by atoms with Crippen molar-refractivity contribution in [3.05, 3.63) is 35.9 Å². The molecule has 0 saturated carbocycles. The molecule has 0 aliphatic rings. The molecule has 0 unspecified atom stereocenters. The Hall–Kier alpha value is -4.00. The van der Waals surface area contributed by atoms with Gasteiger partial charge in [-0.2, -0.15) is 0 Å². The molecule has 0 aromatic heterocycles. The standard InChI is InChI=1S/C35H58N6O7/c1-10-41(11-2)34(46)28(19-25-15-13-12-14-16-25)39-32(44)27(17-21(3)4)38-33(45)30(23(7)8)40-31(43)26(36)20-48-35(47)29(18-22(5)6)37-24(9)42/h12-16,21-23,26-30H,10-11,17-20,36H2,1-9H3,(H,37,42)(H,38,45)(H,39,44)(H,40,43)/t26-,27-,28-,29-,30-/m0/s1.